The average Bonchev–Trinajstić information content (AvgIpc) is 2.78. The molecule has 0 spiro atoms. The Kier molecular flexibility index (Phi) is 14.4. The minimum absolute atomic E-state index is 0. The highest BCUT2D eigenvalue weighted by atomic mass is 79.9. The molecule has 1 atom stereocenters. The molecule has 0 aliphatic carbocycles. The van der Waals surface area contributed by atoms with E-state index in [1.807, 2.05) is 11.9 Å². The summed E-state index contributed by atoms with van der Waals surface area (Å²) in [5.41, 5.74) is 19.4. The molecule has 0 saturated carbocycles. The number of rotatable bonds is 10. The van der Waals surface area contributed by atoms with E-state index in [2.05, 4.69) is 25.3 Å². The number of carboxylic acid groups (broad SMARTS) is 1. The SMILES string of the molecule is Br.Br.Br.CN(Cc1cnc2nc(N)nc(N)c2n1)c1ccc(C(=O)N[C@@H](CCCCN)C(=O)O)cc1. The molecule has 198 valence electrons. The molecule has 2 heterocycles. The van der Waals surface area contributed by atoms with Crippen LogP contribution in [0.25, 0.3) is 11.2 Å². The van der Waals surface area contributed by atoms with E-state index in [4.69, 9.17) is 17.2 Å². The molecule has 1 aromatic carbocycles. The Morgan fingerprint density at radius 1 is 1.06 bits per heavy atom. The quantitative estimate of drug-likeness (QED) is 0.195. The number of amides is 1. The van der Waals surface area contributed by atoms with Crippen molar-refractivity contribution in [3.8, 4) is 0 Å². The maximum absolute atomic E-state index is 12.5. The monoisotopic (exact) mass is 693 g/mol. The van der Waals surface area contributed by atoms with Crippen LogP contribution in [0.4, 0.5) is 17.5 Å². The highest BCUT2D eigenvalue weighted by Gasteiger charge is 2.20. The first-order chi connectivity index (χ1) is 15.8. The number of anilines is 3. The van der Waals surface area contributed by atoms with Crippen molar-refractivity contribution < 1.29 is 14.7 Å². The molecule has 0 bridgehead atoms. The zero-order valence-corrected chi connectivity index (χ0v) is 24.6. The molecule has 0 fully saturated rings. The molecule has 2 aromatic heterocycles. The Balaban J connectivity index is 0.00000408. The van der Waals surface area contributed by atoms with Crippen molar-refractivity contribution in [2.45, 2.75) is 31.8 Å². The van der Waals surface area contributed by atoms with Crippen LogP contribution in [-0.2, 0) is 11.3 Å². The van der Waals surface area contributed by atoms with Crippen LogP contribution in [0.2, 0.25) is 0 Å². The van der Waals surface area contributed by atoms with Crippen LogP contribution in [0, 0.1) is 0 Å². The number of fused-ring (bicyclic) bond motifs is 1. The number of halogens is 3. The molecule has 36 heavy (non-hydrogen) atoms. The molecule has 0 saturated heterocycles. The molecule has 15 heteroatoms. The molecule has 0 aliphatic rings. The summed E-state index contributed by atoms with van der Waals surface area (Å²) in [7, 11) is 1.86. The van der Waals surface area contributed by atoms with Gasteiger partial charge in [0.1, 0.15) is 6.04 Å². The Morgan fingerprint density at radius 3 is 2.33 bits per heavy atom. The Hall–Kier alpha value is -2.62. The summed E-state index contributed by atoms with van der Waals surface area (Å²) in [5, 5.41) is 11.9. The standard InChI is InChI=1S/C21H27N9O3.3BrH/c1-30(11-13-10-25-18-16(26-13)17(23)28-21(24)29-18)14-7-5-12(6-8-14)19(31)27-15(20(32)33)4-2-3-9-22;;;/h5-8,10,15H,2-4,9,11,22H2,1H3,(H,27,31)(H,32,33)(H4,23,24,25,28,29);3*1H/t15-;;;/m0.../s1. The summed E-state index contributed by atoms with van der Waals surface area (Å²) in [5.74, 6) is -1.32. The summed E-state index contributed by atoms with van der Waals surface area (Å²) in [6.07, 6.45) is 3.24. The van der Waals surface area contributed by atoms with E-state index in [0.29, 0.717) is 54.8 Å². The zero-order chi connectivity index (χ0) is 24.0. The van der Waals surface area contributed by atoms with Gasteiger partial charge in [0.05, 0.1) is 18.4 Å². The topological polar surface area (TPSA) is 199 Å². The van der Waals surface area contributed by atoms with Crippen LogP contribution in [0.5, 0.6) is 0 Å². The number of nitrogens with two attached hydrogens (primary N) is 3. The zero-order valence-electron chi connectivity index (χ0n) is 19.5. The van der Waals surface area contributed by atoms with Gasteiger partial charge in [-0.05, 0) is 50.1 Å². The van der Waals surface area contributed by atoms with Gasteiger partial charge in [-0.3, -0.25) is 4.79 Å². The normalized spacial score (nSPS) is 10.8. The van der Waals surface area contributed by atoms with E-state index >= 15 is 0 Å². The molecule has 12 nitrogen and oxygen atoms in total. The second-order valence-corrected chi connectivity index (χ2v) is 7.55. The van der Waals surface area contributed by atoms with Crippen molar-refractivity contribution in [3.05, 3.63) is 41.7 Å². The molecule has 3 aromatic rings. The third kappa shape index (κ3) is 8.80. The van der Waals surface area contributed by atoms with Gasteiger partial charge in [-0.25, -0.2) is 14.8 Å². The molecule has 0 unspecified atom stereocenters. The highest BCUT2D eigenvalue weighted by Crippen LogP contribution is 2.19. The maximum Gasteiger partial charge on any atom is 0.326 e. The van der Waals surface area contributed by atoms with E-state index < -0.39 is 17.9 Å². The first kappa shape index (κ1) is 33.4. The molecule has 0 radical (unpaired) electrons. The predicted molar refractivity (Wildman–Crippen MR) is 155 cm³/mol. The van der Waals surface area contributed by atoms with Crippen LogP contribution in [0.3, 0.4) is 0 Å². The average molecular weight is 696 g/mol. The van der Waals surface area contributed by atoms with Gasteiger partial charge >= 0.3 is 5.97 Å². The second-order valence-electron chi connectivity index (χ2n) is 7.55. The van der Waals surface area contributed by atoms with Crippen molar-refractivity contribution in [3.63, 3.8) is 0 Å². The van der Waals surface area contributed by atoms with E-state index in [0.717, 1.165) is 5.69 Å². The number of aliphatic carboxylic acids is 1. The predicted octanol–water partition coefficient (Wildman–Crippen LogP) is 2.27. The van der Waals surface area contributed by atoms with Gasteiger partial charge in [-0.15, -0.1) is 50.9 Å². The lowest BCUT2D eigenvalue weighted by atomic mass is 10.1. The van der Waals surface area contributed by atoms with Crippen LogP contribution >= 0.6 is 50.9 Å². The third-order valence-corrected chi connectivity index (χ3v) is 5.02. The smallest absolute Gasteiger partial charge is 0.326 e. The Labute approximate surface area is 239 Å². The van der Waals surface area contributed by atoms with Crippen molar-refractivity contribution in [2.75, 3.05) is 30.0 Å². The first-order valence-corrected chi connectivity index (χ1v) is 10.4. The summed E-state index contributed by atoms with van der Waals surface area (Å²) in [6.45, 7) is 0.899. The fraction of sp³-hybridized carbons (Fsp3) is 0.333. The molecule has 3 rings (SSSR count). The fourth-order valence-corrected chi connectivity index (χ4v) is 3.25. The number of carbonyl (C=O) groups excluding carboxylic acids is 1. The fourth-order valence-electron chi connectivity index (χ4n) is 3.25. The largest absolute Gasteiger partial charge is 0.480 e. The van der Waals surface area contributed by atoms with Gasteiger partial charge in [-0.2, -0.15) is 9.97 Å². The lowest BCUT2D eigenvalue weighted by Crippen LogP contribution is -2.40. The van der Waals surface area contributed by atoms with Gasteiger partial charge in [-0.1, -0.05) is 0 Å². The first-order valence-electron chi connectivity index (χ1n) is 10.4. The molecule has 1 amide bonds. The maximum atomic E-state index is 12.5. The van der Waals surface area contributed by atoms with Gasteiger partial charge < -0.3 is 32.5 Å². The number of nitrogens with zero attached hydrogens (tertiary/aromatic N) is 5. The van der Waals surface area contributed by atoms with Crippen molar-refractivity contribution in [1.29, 1.82) is 0 Å². The summed E-state index contributed by atoms with van der Waals surface area (Å²) < 4.78 is 0. The van der Waals surface area contributed by atoms with Crippen LogP contribution in [0.1, 0.15) is 35.3 Å². The number of nitrogen functional groups attached to an aromatic ring is 2. The summed E-state index contributed by atoms with van der Waals surface area (Å²) in [6, 6.07) is 5.86. The minimum Gasteiger partial charge on any atom is -0.480 e. The minimum atomic E-state index is -1.07. The number of nitrogens with one attached hydrogen (secondary N) is 1. The lowest BCUT2D eigenvalue weighted by molar-refractivity contribution is -0.139. The summed E-state index contributed by atoms with van der Waals surface area (Å²) in [4.78, 5) is 42.4. The Bertz CT molecular complexity index is 1150. The van der Waals surface area contributed by atoms with Gasteiger partial charge in [0.2, 0.25) is 5.95 Å². The number of hydrogen-bond donors (Lipinski definition) is 5. The summed E-state index contributed by atoms with van der Waals surface area (Å²) >= 11 is 0. The molecular weight excluding hydrogens is 666 g/mol. The number of unbranched alkanes of at least 4 members (excludes halogenated alkanes) is 1. The third-order valence-electron chi connectivity index (χ3n) is 5.02. The van der Waals surface area contributed by atoms with Crippen molar-refractivity contribution in [2.24, 2.45) is 5.73 Å². The van der Waals surface area contributed by atoms with E-state index in [1.165, 1.54) is 0 Å². The van der Waals surface area contributed by atoms with Crippen molar-refractivity contribution in [1.82, 2.24) is 25.3 Å². The van der Waals surface area contributed by atoms with Crippen molar-refractivity contribution >= 4 is 91.4 Å². The molecule has 8 N–H and O–H groups in total. The van der Waals surface area contributed by atoms with Gasteiger partial charge in [0, 0.05) is 18.3 Å². The number of aromatic nitrogens is 4. The van der Waals surface area contributed by atoms with E-state index in [-0.39, 0.29) is 62.7 Å². The highest BCUT2D eigenvalue weighted by molar-refractivity contribution is 8.93. The van der Waals surface area contributed by atoms with Crippen LogP contribution in [-0.4, -0.2) is 56.6 Å². The lowest BCUT2D eigenvalue weighted by Gasteiger charge is -2.19. The Morgan fingerprint density at radius 2 is 1.72 bits per heavy atom. The number of carboxylic acids is 1. The van der Waals surface area contributed by atoms with E-state index in [1.54, 1.807) is 30.5 Å². The molecule has 0 aliphatic heterocycles. The molecular formula is C21H30Br3N9O3. The number of hydrogen-bond acceptors (Lipinski definition) is 10. The van der Waals surface area contributed by atoms with Crippen LogP contribution < -0.4 is 27.4 Å². The number of benzene rings is 1. The second kappa shape index (κ2) is 15.5. The van der Waals surface area contributed by atoms with Gasteiger partial charge in [0.25, 0.3) is 5.91 Å². The number of carbonyl (C=O) groups is 2. The van der Waals surface area contributed by atoms with E-state index in [9.17, 15) is 14.7 Å². The van der Waals surface area contributed by atoms with Crippen LogP contribution in [0.15, 0.2) is 30.5 Å². The van der Waals surface area contributed by atoms with Gasteiger partial charge in [0.15, 0.2) is 17.0 Å².